The Bertz CT molecular complexity index is 625. The number of hydrogen-bond donors (Lipinski definition) is 2. The van der Waals surface area contributed by atoms with Gasteiger partial charge >= 0.3 is 0 Å². The molecule has 2 heterocycles. The van der Waals surface area contributed by atoms with E-state index < -0.39 is 6.10 Å². The van der Waals surface area contributed by atoms with Crippen LogP contribution in [0.2, 0.25) is 0 Å². The van der Waals surface area contributed by atoms with Gasteiger partial charge in [0, 0.05) is 36.8 Å². The van der Waals surface area contributed by atoms with E-state index in [-0.39, 0.29) is 24.6 Å². The minimum Gasteiger partial charge on any atom is -0.389 e. The number of aromatic nitrogens is 2. The summed E-state index contributed by atoms with van der Waals surface area (Å²) in [6.07, 6.45) is 3.81. The predicted molar refractivity (Wildman–Crippen MR) is 73.3 cm³/mol. The van der Waals surface area contributed by atoms with Gasteiger partial charge in [0.25, 0.3) is 11.5 Å². The summed E-state index contributed by atoms with van der Waals surface area (Å²) in [5, 5.41) is 12.4. The van der Waals surface area contributed by atoms with Crippen molar-refractivity contribution in [1.29, 1.82) is 0 Å². The molecular weight excluding hydrogens is 258 g/mol. The van der Waals surface area contributed by atoms with Crippen LogP contribution in [0.3, 0.4) is 0 Å². The average molecular weight is 273 g/mol. The second kappa shape index (κ2) is 6.63. The van der Waals surface area contributed by atoms with Gasteiger partial charge in [-0.1, -0.05) is 6.07 Å². The summed E-state index contributed by atoms with van der Waals surface area (Å²) < 4.78 is 1.39. The topological polar surface area (TPSA) is 84.2 Å². The van der Waals surface area contributed by atoms with Gasteiger partial charge in [0.05, 0.1) is 12.6 Å². The third kappa shape index (κ3) is 3.76. The fourth-order valence-corrected chi connectivity index (χ4v) is 1.72. The summed E-state index contributed by atoms with van der Waals surface area (Å²) in [6, 6.07) is 7.94. The average Bonchev–Trinajstić information content (AvgIpc) is 2.48. The highest BCUT2D eigenvalue weighted by Gasteiger charge is 2.09. The maximum atomic E-state index is 11.7. The lowest BCUT2D eigenvalue weighted by molar-refractivity contribution is 0.0903. The van der Waals surface area contributed by atoms with Crippen LogP contribution in [0.15, 0.2) is 53.7 Å². The van der Waals surface area contributed by atoms with E-state index >= 15 is 0 Å². The maximum absolute atomic E-state index is 11.7. The van der Waals surface area contributed by atoms with Gasteiger partial charge in [-0.3, -0.25) is 14.6 Å². The van der Waals surface area contributed by atoms with Gasteiger partial charge in [-0.15, -0.1) is 0 Å². The lowest BCUT2D eigenvalue weighted by Gasteiger charge is -2.13. The molecule has 0 spiro atoms. The highest BCUT2D eigenvalue weighted by atomic mass is 16.3. The number of amides is 1. The monoisotopic (exact) mass is 273 g/mol. The van der Waals surface area contributed by atoms with E-state index in [4.69, 9.17) is 0 Å². The van der Waals surface area contributed by atoms with E-state index in [0.29, 0.717) is 5.56 Å². The Hall–Kier alpha value is -2.47. The predicted octanol–water partition coefficient (Wildman–Crippen LogP) is 0.0342. The van der Waals surface area contributed by atoms with E-state index in [9.17, 15) is 14.7 Å². The third-order valence-corrected chi connectivity index (χ3v) is 2.75. The molecule has 0 fully saturated rings. The number of aliphatic hydroxyl groups is 1. The molecule has 0 bridgehead atoms. The molecule has 2 rings (SSSR count). The quantitative estimate of drug-likeness (QED) is 0.805. The van der Waals surface area contributed by atoms with Crippen LogP contribution in [0.5, 0.6) is 0 Å². The number of hydrogen-bond acceptors (Lipinski definition) is 4. The summed E-state index contributed by atoms with van der Waals surface area (Å²) in [7, 11) is 0. The van der Waals surface area contributed by atoms with Crippen molar-refractivity contribution in [1.82, 2.24) is 14.9 Å². The lowest BCUT2D eigenvalue weighted by atomic mass is 10.2. The molecule has 104 valence electrons. The fraction of sp³-hybridized carbons (Fsp3) is 0.214. The van der Waals surface area contributed by atoms with E-state index in [1.165, 1.54) is 23.0 Å². The number of aliphatic hydroxyl groups excluding tert-OH is 1. The van der Waals surface area contributed by atoms with Crippen molar-refractivity contribution in [2.24, 2.45) is 0 Å². The van der Waals surface area contributed by atoms with Crippen molar-refractivity contribution in [2.75, 3.05) is 6.54 Å². The van der Waals surface area contributed by atoms with Gasteiger partial charge in [-0.25, -0.2) is 0 Å². The van der Waals surface area contributed by atoms with E-state index in [0.717, 1.165) is 0 Å². The van der Waals surface area contributed by atoms with Crippen LogP contribution < -0.4 is 10.9 Å². The van der Waals surface area contributed by atoms with Crippen LogP contribution in [0, 0.1) is 0 Å². The minimum atomic E-state index is -0.833. The number of nitrogens with zero attached hydrogens (tertiary/aromatic N) is 2. The molecule has 0 saturated heterocycles. The Kier molecular flexibility index (Phi) is 4.62. The van der Waals surface area contributed by atoms with Crippen molar-refractivity contribution in [3.8, 4) is 0 Å². The maximum Gasteiger partial charge on any atom is 0.251 e. The Morgan fingerprint density at radius 3 is 2.75 bits per heavy atom. The second-order valence-electron chi connectivity index (χ2n) is 4.29. The first-order valence-corrected chi connectivity index (χ1v) is 6.18. The van der Waals surface area contributed by atoms with E-state index in [1.807, 2.05) is 0 Å². The van der Waals surface area contributed by atoms with Crippen molar-refractivity contribution in [3.63, 3.8) is 0 Å². The van der Waals surface area contributed by atoms with Crippen molar-refractivity contribution >= 4 is 5.91 Å². The lowest BCUT2D eigenvalue weighted by Crippen LogP contribution is -2.36. The van der Waals surface area contributed by atoms with E-state index in [2.05, 4.69) is 10.3 Å². The molecule has 0 aliphatic carbocycles. The molecule has 0 saturated carbocycles. The largest absolute Gasteiger partial charge is 0.389 e. The molecule has 0 aliphatic heterocycles. The SMILES string of the molecule is O=C(NCC(O)Cn1ccccc1=O)c1ccncc1. The zero-order valence-electron chi connectivity index (χ0n) is 10.8. The molecule has 2 N–H and O–H groups in total. The van der Waals surface area contributed by atoms with E-state index in [1.54, 1.807) is 30.5 Å². The molecule has 0 aromatic carbocycles. The van der Waals surface area contributed by atoms with Gasteiger partial charge in [0.1, 0.15) is 0 Å². The van der Waals surface area contributed by atoms with Crippen molar-refractivity contribution < 1.29 is 9.90 Å². The van der Waals surface area contributed by atoms with Gasteiger partial charge in [-0.2, -0.15) is 0 Å². The van der Waals surface area contributed by atoms with Crippen LogP contribution in [0.1, 0.15) is 10.4 Å². The van der Waals surface area contributed by atoms with Crippen LogP contribution in [-0.2, 0) is 6.54 Å². The highest BCUT2D eigenvalue weighted by Crippen LogP contribution is 1.96. The molecule has 2 aromatic heterocycles. The summed E-state index contributed by atoms with van der Waals surface area (Å²) >= 11 is 0. The minimum absolute atomic E-state index is 0.0719. The molecule has 6 nitrogen and oxygen atoms in total. The highest BCUT2D eigenvalue weighted by molar-refractivity contribution is 5.93. The smallest absolute Gasteiger partial charge is 0.251 e. The molecule has 0 aliphatic rings. The Morgan fingerprint density at radius 1 is 1.30 bits per heavy atom. The molecule has 1 amide bonds. The number of carbonyl (C=O) groups excluding carboxylic acids is 1. The number of carbonyl (C=O) groups is 1. The van der Waals surface area contributed by atoms with Crippen LogP contribution in [0.4, 0.5) is 0 Å². The summed E-state index contributed by atoms with van der Waals surface area (Å²) in [5.74, 6) is -0.285. The van der Waals surface area contributed by atoms with Gasteiger partial charge in [-0.05, 0) is 18.2 Å². The number of pyridine rings is 2. The summed E-state index contributed by atoms with van der Waals surface area (Å²) in [5.41, 5.74) is 0.288. The Labute approximate surface area is 115 Å². The van der Waals surface area contributed by atoms with Gasteiger partial charge < -0.3 is 15.0 Å². The molecule has 1 atom stereocenters. The summed E-state index contributed by atoms with van der Waals surface area (Å²) in [4.78, 5) is 27.0. The zero-order valence-corrected chi connectivity index (χ0v) is 10.8. The van der Waals surface area contributed by atoms with Crippen LogP contribution in [-0.4, -0.2) is 33.2 Å². The van der Waals surface area contributed by atoms with Crippen molar-refractivity contribution in [3.05, 3.63) is 64.8 Å². The van der Waals surface area contributed by atoms with Crippen LogP contribution >= 0.6 is 0 Å². The molecule has 2 aromatic rings. The fourth-order valence-electron chi connectivity index (χ4n) is 1.72. The second-order valence-corrected chi connectivity index (χ2v) is 4.29. The number of nitrogens with one attached hydrogen (secondary N) is 1. The number of rotatable bonds is 5. The standard InChI is InChI=1S/C14H15N3O3/c18-12(10-17-8-2-1-3-13(17)19)9-16-14(20)11-4-6-15-7-5-11/h1-8,12,18H,9-10H2,(H,16,20). The molecule has 6 heteroatoms. The Morgan fingerprint density at radius 2 is 2.05 bits per heavy atom. The molecule has 1 unspecified atom stereocenters. The van der Waals surface area contributed by atoms with Gasteiger partial charge in [0.15, 0.2) is 0 Å². The molecule has 0 radical (unpaired) electrons. The first-order valence-electron chi connectivity index (χ1n) is 6.18. The van der Waals surface area contributed by atoms with Crippen LogP contribution in [0.25, 0.3) is 0 Å². The normalized spacial score (nSPS) is 11.8. The third-order valence-electron chi connectivity index (χ3n) is 2.75. The van der Waals surface area contributed by atoms with Gasteiger partial charge in [0.2, 0.25) is 0 Å². The molecular formula is C14H15N3O3. The first kappa shape index (κ1) is 14.0. The zero-order chi connectivity index (χ0) is 14.4. The summed E-state index contributed by atoms with van der Waals surface area (Å²) in [6.45, 7) is 0.207. The Balaban J connectivity index is 1.87. The molecule has 20 heavy (non-hydrogen) atoms. The van der Waals surface area contributed by atoms with Crippen molar-refractivity contribution in [2.45, 2.75) is 12.6 Å². The first-order chi connectivity index (χ1) is 9.66.